The number of hydrogen-bond donors (Lipinski definition) is 1. The maximum absolute atomic E-state index is 11.7. The fourth-order valence-corrected chi connectivity index (χ4v) is 3.09. The van der Waals surface area contributed by atoms with E-state index in [0.717, 1.165) is 29.8 Å². The van der Waals surface area contributed by atoms with Gasteiger partial charge in [0.25, 0.3) is 0 Å². The molecule has 1 aliphatic heterocycles. The minimum atomic E-state index is -0.334. The Hall–Kier alpha value is -1.17. The van der Waals surface area contributed by atoms with Crippen LogP contribution >= 0.6 is 11.8 Å². The molecule has 0 bridgehead atoms. The van der Waals surface area contributed by atoms with E-state index in [4.69, 9.17) is 4.74 Å². The standard InChI is InChI=1S/C12H17BN2O2S/c1-17-12(16)10-6-8(13)7-14-11(10)15-9-2-4-18-5-3-9/h6-7,9H,2-5,13H2,1H3,(H,14,15). The van der Waals surface area contributed by atoms with Crippen LogP contribution in [0.1, 0.15) is 23.2 Å². The monoisotopic (exact) mass is 264 g/mol. The molecule has 1 aliphatic rings. The van der Waals surface area contributed by atoms with Crippen LogP contribution in [0.4, 0.5) is 5.82 Å². The number of pyridine rings is 1. The molecule has 1 fully saturated rings. The van der Waals surface area contributed by atoms with Crippen LogP contribution in [0, 0.1) is 0 Å². The van der Waals surface area contributed by atoms with Gasteiger partial charge in [0.1, 0.15) is 19.2 Å². The first-order valence-corrected chi connectivity index (χ1v) is 7.25. The Kier molecular flexibility index (Phi) is 4.52. The molecule has 6 heteroatoms. The zero-order valence-electron chi connectivity index (χ0n) is 10.7. The quantitative estimate of drug-likeness (QED) is 0.634. The van der Waals surface area contributed by atoms with E-state index in [1.807, 2.05) is 25.7 Å². The average Bonchev–Trinajstić information content (AvgIpc) is 2.41. The van der Waals surface area contributed by atoms with Crippen LogP contribution < -0.4 is 10.8 Å². The van der Waals surface area contributed by atoms with Gasteiger partial charge in [0.15, 0.2) is 0 Å². The van der Waals surface area contributed by atoms with E-state index < -0.39 is 0 Å². The molecule has 1 N–H and O–H groups in total. The molecule has 0 spiro atoms. The third-order valence-electron chi connectivity index (χ3n) is 2.99. The molecule has 2 heterocycles. The van der Waals surface area contributed by atoms with Gasteiger partial charge in [0.2, 0.25) is 0 Å². The topological polar surface area (TPSA) is 51.2 Å². The first kappa shape index (κ1) is 13.3. The Bertz CT molecular complexity index is 436. The molecule has 0 aromatic carbocycles. The molecule has 0 atom stereocenters. The third kappa shape index (κ3) is 3.19. The van der Waals surface area contributed by atoms with Crippen LogP contribution in [0.2, 0.25) is 0 Å². The number of nitrogens with zero attached hydrogens (tertiary/aromatic N) is 1. The van der Waals surface area contributed by atoms with Gasteiger partial charge in [-0.2, -0.15) is 11.8 Å². The Morgan fingerprint density at radius 3 is 2.94 bits per heavy atom. The van der Waals surface area contributed by atoms with Gasteiger partial charge in [-0.1, -0.05) is 5.46 Å². The molecule has 18 heavy (non-hydrogen) atoms. The number of thioether (sulfide) groups is 1. The van der Waals surface area contributed by atoms with Crippen molar-refractivity contribution in [2.24, 2.45) is 0 Å². The Labute approximate surface area is 112 Å². The molecule has 4 nitrogen and oxygen atoms in total. The lowest BCUT2D eigenvalue weighted by atomic mass is 9.96. The molecule has 0 aliphatic carbocycles. The highest BCUT2D eigenvalue weighted by atomic mass is 32.2. The maximum atomic E-state index is 11.7. The molecule has 2 rings (SSSR count). The van der Waals surface area contributed by atoms with E-state index in [0.29, 0.717) is 17.4 Å². The van der Waals surface area contributed by atoms with Crippen LogP contribution in [-0.2, 0) is 4.74 Å². The fourth-order valence-electron chi connectivity index (χ4n) is 1.99. The summed E-state index contributed by atoms with van der Waals surface area (Å²) in [5.74, 6) is 2.64. The van der Waals surface area contributed by atoms with Crippen molar-refractivity contribution < 1.29 is 9.53 Å². The highest BCUT2D eigenvalue weighted by molar-refractivity contribution is 7.99. The van der Waals surface area contributed by atoms with Crippen molar-refractivity contribution in [2.75, 3.05) is 23.9 Å². The molecule has 1 aromatic rings. The lowest BCUT2D eigenvalue weighted by Gasteiger charge is -2.24. The molecule has 0 amide bonds. The Morgan fingerprint density at radius 2 is 2.28 bits per heavy atom. The van der Waals surface area contributed by atoms with Gasteiger partial charge in [-0.05, 0) is 30.4 Å². The van der Waals surface area contributed by atoms with Crippen molar-refractivity contribution in [3.63, 3.8) is 0 Å². The van der Waals surface area contributed by atoms with Crippen LogP contribution in [0.3, 0.4) is 0 Å². The van der Waals surface area contributed by atoms with Crippen LogP contribution in [-0.4, -0.2) is 43.5 Å². The number of hydrogen-bond acceptors (Lipinski definition) is 5. The Morgan fingerprint density at radius 1 is 1.56 bits per heavy atom. The van der Waals surface area contributed by atoms with Crippen molar-refractivity contribution >= 4 is 36.9 Å². The first-order chi connectivity index (χ1) is 8.70. The van der Waals surface area contributed by atoms with Gasteiger partial charge in [-0.3, -0.25) is 0 Å². The second-order valence-electron chi connectivity index (χ2n) is 4.43. The molecule has 1 saturated heterocycles. The summed E-state index contributed by atoms with van der Waals surface area (Å²) >= 11 is 1.97. The molecule has 0 unspecified atom stereocenters. The summed E-state index contributed by atoms with van der Waals surface area (Å²) < 4.78 is 4.80. The summed E-state index contributed by atoms with van der Waals surface area (Å²) in [5, 5.41) is 3.37. The Balaban J connectivity index is 2.17. The number of carbonyl (C=O) groups is 1. The molecule has 1 aromatic heterocycles. The van der Waals surface area contributed by atoms with Gasteiger partial charge < -0.3 is 10.1 Å². The number of anilines is 1. The number of esters is 1. The minimum absolute atomic E-state index is 0.334. The van der Waals surface area contributed by atoms with Crippen LogP contribution in [0.5, 0.6) is 0 Å². The summed E-state index contributed by atoms with van der Waals surface area (Å²) in [5.41, 5.74) is 1.48. The number of nitrogens with one attached hydrogen (secondary N) is 1. The summed E-state index contributed by atoms with van der Waals surface area (Å²) in [7, 11) is 3.31. The lowest BCUT2D eigenvalue weighted by Crippen LogP contribution is -2.27. The fraction of sp³-hybridized carbons (Fsp3) is 0.500. The predicted octanol–water partition coefficient (Wildman–Crippen LogP) is 0.434. The SMILES string of the molecule is Bc1cnc(NC2CCSCC2)c(C(=O)OC)c1. The third-order valence-corrected chi connectivity index (χ3v) is 4.04. The van der Waals surface area contributed by atoms with E-state index in [9.17, 15) is 4.79 Å². The van der Waals surface area contributed by atoms with Gasteiger partial charge in [0.05, 0.1) is 7.11 Å². The lowest BCUT2D eigenvalue weighted by molar-refractivity contribution is 0.0601. The molecular weight excluding hydrogens is 247 g/mol. The second-order valence-corrected chi connectivity index (χ2v) is 5.66. The number of ether oxygens (including phenoxy) is 1. The zero-order valence-corrected chi connectivity index (χ0v) is 11.5. The highest BCUT2D eigenvalue weighted by Crippen LogP contribution is 2.21. The second kappa shape index (κ2) is 6.13. The number of methoxy groups -OCH3 is 1. The molecular formula is C12H17BN2O2S. The van der Waals surface area contributed by atoms with Crippen molar-refractivity contribution in [1.29, 1.82) is 0 Å². The molecule has 0 radical (unpaired) electrons. The van der Waals surface area contributed by atoms with E-state index in [-0.39, 0.29) is 5.97 Å². The maximum Gasteiger partial charge on any atom is 0.341 e. The van der Waals surface area contributed by atoms with Gasteiger partial charge in [-0.15, -0.1) is 0 Å². The summed E-state index contributed by atoms with van der Waals surface area (Å²) in [6.07, 6.45) is 3.99. The molecule has 0 saturated carbocycles. The van der Waals surface area contributed by atoms with E-state index in [1.165, 1.54) is 7.11 Å². The van der Waals surface area contributed by atoms with Crippen molar-refractivity contribution in [2.45, 2.75) is 18.9 Å². The van der Waals surface area contributed by atoms with Crippen molar-refractivity contribution in [3.05, 3.63) is 17.8 Å². The number of aromatic nitrogens is 1. The normalized spacial score (nSPS) is 16.3. The largest absolute Gasteiger partial charge is 0.465 e. The van der Waals surface area contributed by atoms with E-state index in [1.54, 1.807) is 6.20 Å². The highest BCUT2D eigenvalue weighted by Gasteiger charge is 2.18. The smallest absolute Gasteiger partial charge is 0.341 e. The van der Waals surface area contributed by atoms with E-state index >= 15 is 0 Å². The van der Waals surface area contributed by atoms with Crippen LogP contribution in [0.25, 0.3) is 0 Å². The first-order valence-electron chi connectivity index (χ1n) is 6.10. The number of rotatable bonds is 3. The van der Waals surface area contributed by atoms with Gasteiger partial charge >= 0.3 is 5.97 Å². The predicted molar refractivity (Wildman–Crippen MR) is 77.7 cm³/mol. The van der Waals surface area contributed by atoms with E-state index in [2.05, 4.69) is 10.3 Å². The van der Waals surface area contributed by atoms with Crippen LogP contribution in [0.15, 0.2) is 12.3 Å². The zero-order chi connectivity index (χ0) is 13.0. The summed E-state index contributed by atoms with van der Waals surface area (Å²) in [6, 6.07) is 2.23. The average molecular weight is 264 g/mol. The molecule has 96 valence electrons. The van der Waals surface area contributed by atoms with Gasteiger partial charge in [0, 0.05) is 12.2 Å². The van der Waals surface area contributed by atoms with Crippen molar-refractivity contribution in [3.8, 4) is 0 Å². The van der Waals surface area contributed by atoms with Crippen molar-refractivity contribution in [1.82, 2.24) is 4.98 Å². The van der Waals surface area contributed by atoms with Gasteiger partial charge in [-0.25, -0.2) is 9.78 Å². The summed E-state index contributed by atoms with van der Waals surface area (Å²) in [6.45, 7) is 0. The summed E-state index contributed by atoms with van der Waals surface area (Å²) in [4.78, 5) is 16.0. The number of carbonyl (C=O) groups excluding carboxylic acids is 1. The minimum Gasteiger partial charge on any atom is -0.465 e.